The molecule has 48 valence electrons. The number of halogens is 2. The fraction of sp³-hybridized carbons (Fsp3) is 0. The van der Waals surface area contributed by atoms with Crippen molar-refractivity contribution in [3.8, 4) is 5.75 Å². The SMILES string of the molecule is Cl.Cl.Oc1cc[nH]c1. The first-order valence-electron chi connectivity index (χ1n) is 1.71. The van der Waals surface area contributed by atoms with E-state index in [-0.39, 0.29) is 30.6 Å². The highest BCUT2D eigenvalue weighted by atomic mass is 35.5. The molecule has 0 aliphatic rings. The third-order valence-corrected chi connectivity index (χ3v) is 0.582. The molecule has 8 heavy (non-hydrogen) atoms. The third kappa shape index (κ3) is 2.77. The number of aromatic nitrogens is 1. The van der Waals surface area contributed by atoms with Crippen molar-refractivity contribution in [3.63, 3.8) is 0 Å². The zero-order chi connectivity index (χ0) is 4.41. The van der Waals surface area contributed by atoms with Crippen molar-refractivity contribution >= 4 is 24.8 Å². The van der Waals surface area contributed by atoms with E-state index in [0.29, 0.717) is 0 Å². The molecule has 0 aliphatic heterocycles. The fourth-order valence-electron chi connectivity index (χ4n) is 0.315. The third-order valence-electron chi connectivity index (χ3n) is 0.582. The van der Waals surface area contributed by atoms with E-state index in [0.717, 1.165) is 0 Å². The molecule has 1 rings (SSSR count). The van der Waals surface area contributed by atoms with Gasteiger partial charge in [0.05, 0.1) is 0 Å². The van der Waals surface area contributed by atoms with Crippen LogP contribution < -0.4 is 0 Å². The van der Waals surface area contributed by atoms with Crippen molar-refractivity contribution in [1.82, 2.24) is 4.98 Å². The van der Waals surface area contributed by atoms with Crippen LogP contribution in [0.3, 0.4) is 0 Å². The topological polar surface area (TPSA) is 36.0 Å². The summed E-state index contributed by atoms with van der Waals surface area (Å²) in [7, 11) is 0. The Labute approximate surface area is 59.7 Å². The number of hydrogen-bond donors (Lipinski definition) is 2. The minimum Gasteiger partial charge on any atom is -0.506 e. The number of hydrogen-bond acceptors (Lipinski definition) is 1. The lowest BCUT2D eigenvalue weighted by atomic mass is 10.6. The van der Waals surface area contributed by atoms with Gasteiger partial charge in [0.1, 0.15) is 5.75 Å². The maximum Gasteiger partial charge on any atom is 0.132 e. The van der Waals surface area contributed by atoms with E-state index in [1.54, 1.807) is 12.3 Å². The second-order valence-corrected chi connectivity index (χ2v) is 1.07. The van der Waals surface area contributed by atoms with Gasteiger partial charge in [-0.2, -0.15) is 0 Å². The molecule has 4 heteroatoms. The van der Waals surface area contributed by atoms with Crippen LogP contribution in [-0.4, -0.2) is 10.1 Å². The average Bonchev–Trinajstić information content (AvgIpc) is 1.86. The Morgan fingerprint density at radius 3 is 2.12 bits per heavy atom. The molecule has 1 heterocycles. The van der Waals surface area contributed by atoms with Crippen LogP contribution in [-0.2, 0) is 0 Å². The fourth-order valence-corrected chi connectivity index (χ4v) is 0.315. The van der Waals surface area contributed by atoms with Gasteiger partial charge in [-0.15, -0.1) is 24.8 Å². The Balaban J connectivity index is 0. The monoisotopic (exact) mass is 155 g/mol. The minimum absolute atomic E-state index is 0. The molecule has 0 aliphatic carbocycles. The van der Waals surface area contributed by atoms with E-state index >= 15 is 0 Å². The van der Waals surface area contributed by atoms with E-state index in [9.17, 15) is 0 Å². The second kappa shape index (κ2) is 4.81. The van der Waals surface area contributed by atoms with Crippen LogP contribution in [0.4, 0.5) is 0 Å². The molecule has 1 aromatic heterocycles. The summed E-state index contributed by atoms with van der Waals surface area (Å²) >= 11 is 0. The van der Waals surface area contributed by atoms with E-state index in [1.165, 1.54) is 6.20 Å². The van der Waals surface area contributed by atoms with Gasteiger partial charge in [-0.05, 0) is 6.07 Å². The normalized spacial score (nSPS) is 6.50. The molecule has 0 radical (unpaired) electrons. The minimum atomic E-state index is 0. The van der Waals surface area contributed by atoms with E-state index in [2.05, 4.69) is 4.98 Å². The van der Waals surface area contributed by atoms with Gasteiger partial charge in [0, 0.05) is 12.4 Å². The summed E-state index contributed by atoms with van der Waals surface area (Å²) in [6, 6.07) is 1.58. The lowest BCUT2D eigenvalue weighted by Gasteiger charge is -1.68. The molecule has 0 fully saturated rings. The highest BCUT2D eigenvalue weighted by Gasteiger charge is 1.76. The molecule has 2 nitrogen and oxygen atoms in total. The zero-order valence-corrected chi connectivity index (χ0v) is 5.63. The van der Waals surface area contributed by atoms with Crippen LogP contribution in [0, 0.1) is 0 Å². The Bertz CT molecular complexity index is 118. The molecule has 0 unspecified atom stereocenters. The van der Waals surface area contributed by atoms with Gasteiger partial charge in [0.15, 0.2) is 0 Å². The average molecular weight is 156 g/mol. The Morgan fingerprint density at radius 1 is 1.38 bits per heavy atom. The summed E-state index contributed by atoms with van der Waals surface area (Å²) in [6.07, 6.45) is 3.18. The number of aromatic hydroxyl groups is 1. The molecule has 1 aromatic rings. The lowest BCUT2D eigenvalue weighted by Crippen LogP contribution is -1.44. The molecule has 0 amide bonds. The summed E-state index contributed by atoms with van der Waals surface area (Å²) in [5.74, 6) is 0.287. The Hall–Kier alpha value is -0.340. The van der Waals surface area contributed by atoms with Crippen molar-refractivity contribution in [2.75, 3.05) is 0 Å². The van der Waals surface area contributed by atoms with Crippen LogP contribution in [0.1, 0.15) is 0 Å². The van der Waals surface area contributed by atoms with Gasteiger partial charge >= 0.3 is 0 Å². The van der Waals surface area contributed by atoms with Gasteiger partial charge in [-0.25, -0.2) is 0 Å². The van der Waals surface area contributed by atoms with Gasteiger partial charge < -0.3 is 10.1 Å². The number of H-pyrrole nitrogens is 1. The molecule has 0 spiro atoms. The summed E-state index contributed by atoms with van der Waals surface area (Å²) < 4.78 is 0. The molecular formula is C4H7Cl2NO. The quantitative estimate of drug-likeness (QED) is 0.587. The zero-order valence-electron chi connectivity index (χ0n) is 4.00. The van der Waals surface area contributed by atoms with Crippen molar-refractivity contribution in [1.29, 1.82) is 0 Å². The van der Waals surface area contributed by atoms with Gasteiger partial charge in [-0.1, -0.05) is 0 Å². The number of nitrogens with one attached hydrogen (secondary N) is 1. The smallest absolute Gasteiger partial charge is 0.132 e. The van der Waals surface area contributed by atoms with Gasteiger partial charge in [0.25, 0.3) is 0 Å². The Kier molecular flexibility index (Phi) is 6.38. The van der Waals surface area contributed by atoms with E-state index < -0.39 is 0 Å². The summed E-state index contributed by atoms with van der Waals surface area (Å²) in [5, 5.41) is 8.44. The second-order valence-electron chi connectivity index (χ2n) is 1.07. The predicted octanol–water partition coefficient (Wildman–Crippen LogP) is 1.56. The van der Waals surface area contributed by atoms with Crippen LogP contribution in [0.2, 0.25) is 0 Å². The first kappa shape index (κ1) is 10.6. The van der Waals surface area contributed by atoms with Crippen LogP contribution in [0.15, 0.2) is 18.5 Å². The molecule has 0 saturated heterocycles. The first-order chi connectivity index (χ1) is 2.89. The molecule has 0 atom stereocenters. The van der Waals surface area contributed by atoms with Crippen LogP contribution >= 0.6 is 24.8 Å². The van der Waals surface area contributed by atoms with Gasteiger partial charge in [-0.3, -0.25) is 0 Å². The summed E-state index contributed by atoms with van der Waals surface area (Å²) in [5.41, 5.74) is 0. The maximum absolute atomic E-state index is 8.44. The maximum atomic E-state index is 8.44. The highest BCUT2D eigenvalue weighted by molar-refractivity contribution is 5.85. The number of rotatable bonds is 0. The van der Waals surface area contributed by atoms with Crippen molar-refractivity contribution in [2.45, 2.75) is 0 Å². The first-order valence-corrected chi connectivity index (χ1v) is 1.71. The molecule has 0 aromatic carbocycles. The number of aromatic amines is 1. The largest absolute Gasteiger partial charge is 0.506 e. The van der Waals surface area contributed by atoms with E-state index in [1.807, 2.05) is 0 Å². The Morgan fingerprint density at radius 2 is 2.00 bits per heavy atom. The highest BCUT2D eigenvalue weighted by Crippen LogP contribution is 2.00. The molecule has 2 N–H and O–H groups in total. The molecule has 0 bridgehead atoms. The summed E-state index contributed by atoms with van der Waals surface area (Å²) in [4.78, 5) is 2.68. The van der Waals surface area contributed by atoms with Crippen molar-refractivity contribution < 1.29 is 5.11 Å². The lowest BCUT2D eigenvalue weighted by molar-refractivity contribution is 0.476. The molecule has 0 saturated carbocycles. The van der Waals surface area contributed by atoms with Crippen molar-refractivity contribution in [2.24, 2.45) is 0 Å². The molecular weight excluding hydrogens is 149 g/mol. The van der Waals surface area contributed by atoms with E-state index in [4.69, 9.17) is 5.11 Å². The van der Waals surface area contributed by atoms with Crippen LogP contribution in [0.5, 0.6) is 5.75 Å². The van der Waals surface area contributed by atoms with Gasteiger partial charge in [0.2, 0.25) is 0 Å². The van der Waals surface area contributed by atoms with Crippen molar-refractivity contribution in [3.05, 3.63) is 18.5 Å². The predicted molar refractivity (Wildman–Crippen MR) is 37.0 cm³/mol. The summed E-state index contributed by atoms with van der Waals surface area (Å²) in [6.45, 7) is 0. The van der Waals surface area contributed by atoms with Crippen LogP contribution in [0.25, 0.3) is 0 Å². The standard InChI is InChI=1S/C4H5NO.2ClH/c6-4-1-2-5-3-4;;/h1-3,5-6H;2*1H.